The Hall–Kier alpha value is -3.15. The van der Waals surface area contributed by atoms with Crippen LogP contribution in [0.3, 0.4) is 0 Å². The van der Waals surface area contributed by atoms with Crippen LogP contribution in [0.1, 0.15) is 85.3 Å². The molecule has 1 fully saturated rings. The molecule has 1 heterocycles. The highest BCUT2D eigenvalue weighted by Crippen LogP contribution is 2.24. The molecule has 1 aliphatic heterocycles. The number of hydrogen-bond acceptors (Lipinski definition) is 9. The maximum Gasteiger partial charge on any atom is 0.222 e. The summed E-state index contributed by atoms with van der Waals surface area (Å²) in [5.41, 5.74) is 6.82. The van der Waals surface area contributed by atoms with Crippen LogP contribution in [-0.2, 0) is 20.7 Å². The lowest BCUT2D eigenvalue weighted by molar-refractivity contribution is -0.239. The van der Waals surface area contributed by atoms with Crippen molar-refractivity contribution in [3.8, 4) is 5.75 Å². The van der Waals surface area contributed by atoms with Crippen molar-refractivity contribution < 1.29 is 44.7 Å². The van der Waals surface area contributed by atoms with Gasteiger partial charge in [0.2, 0.25) is 12.2 Å². The van der Waals surface area contributed by atoms with Gasteiger partial charge < -0.3 is 35.4 Å². The minimum atomic E-state index is -1.34. The fourth-order valence-corrected chi connectivity index (χ4v) is 5.01. The van der Waals surface area contributed by atoms with Crippen molar-refractivity contribution in [2.75, 3.05) is 19.7 Å². The monoisotopic (exact) mass is 616 g/mol. The molecule has 5 unspecified atom stereocenters. The Morgan fingerprint density at radius 2 is 1.70 bits per heavy atom. The lowest BCUT2D eigenvalue weighted by Crippen LogP contribution is -2.63. The predicted octanol–water partition coefficient (Wildman–Crippen LogP) is 3.10. The van der Waals surface area contributed by atoms with Gasteiger partial charge in [-0.1, -0.05) is 62.0 Å². The molecule has 10 heteroatoms. The number of nitrogens with two attached hydrogens (primary N) is 1. The summed E-state index contributed by atoms with van der Waals surface area (Å²) in [6, 6.07) is 4.64. The molecule has 0 radical (unpaired) electrons. The number of unbranched alkanes of at least 4 members (excludes halogenated alkanes) is 4. The molecule has 0 spiro atoms. The quantitative estimate of drug-likeness (QED) is 0.146. The normalized spacial score (nSPS) is 22.8. The molecule has 1 aliphatic rings. The van der Waals surface area contributed by atoms with Crippen molar-refractivity contribution in [2.24, 2.45) is 5.73 Å². The van der Waals surface area contributed by atoms with Crippen molar-refractivity contribution in [1.82, 2.24) is 4.90 Å². The van der Waals surface area contributed by atoms with Gasteiger partial charge in [0.05, 0.1) is 18.1 Å². The van der Waals surface area contributed by atoms with E-state index < -0.39 is 37.3 Å². The largest absolute Gasteiger partial charge is 0.463 e. The number of benzene rings is 2. The number of aliphatic hydroxyl groups excluding tert-OH is 3. The molecule has 2 aromatic rings. The lowest BCUT2D eigenvalue weighted by atomic mass is 9.98. The summed E-state index contributed by atoms with van der Waals surface area (Å²) in [5.74, 6) is -0.0355. The van der Waals surface area contributed by atoms with Crippen LogP contribution in [0.4, 0.5) is 0 Å². The van der Waals surface area contributed by atoms with Crippen molar-refractivity contribution in [3.05, 3.63) is 65.1 Å². The molecule has 3 rings (SSSR count). The summed E-state index contributed by atoms with van der Waals surface area (Å²) >= 11 is 0. The van der Waals surface area contributed by atoms with E-state index >= 15 is 0 Å². The second kappa shape index (κ2) is 18.0. The fourth-order valence-electron chi connectivity index (χ4n) is 5.01. The van der Waals surface area contributed by atoms with Gasteiger partial charge >= 0.3 is 0 Å². The fraction of sp³-hybridized carbons (Fsp3) is 0.559. The minimum Gasteiger partial charge on any atom is -0.463 e. The smallest absolute Gasteiger partial charge is 0.222 e. The summed E-state index contributed by atoms with van der Waals surface area (Å²) < 4.78 is 43.0. The third-order valence-corrected chi connectivity index (χ3v) is 7.68. The van der Waals surface area contributed by atoms with Crippen molar-refractivity contribution >= 4 is 17.5 Å². The van der Waals surface area contributed by atoms with E-state index in [2.05, 4.69) is 0 Å². The highest BCUT2D eigenvalue weighted by molar-refractivity contribution is 5.96. The first-order valence-electron chi connectivity index (χ1n) is 17.3. The first-order chi connectivity index (χ1) is 22.8. The van der Waals surface area contributed by atoms with Gasteiger partial charge in [-0.15, -0.1) is 0 Å². The van der Waals surface area contributed by atoms with Gasteiger partial charge in [-0.2, -0.15) is 0 Å². The maximum atomic E-state index is 12.8. The number of ketones is 2. The molecular formula is C34H48N2O8. The molecule has 242 valence electrons. The zero-order chi connectivity index (χ0) is 35.5. The van der Waals surface area contributed by atoms with Crippen LogP contribution >= 0.6 is 0 Å². The van der Waals surface area contributed by atoms with Crippen molar-refractivity contribution in [2.45, 2.75) is 102 Å². The molecule has 5 atom stereocenters. The zero-order valence-electron chi connectivity index (χ0n) is 29.6. The van der Waals surface area contributed by atoms with Crippen LogP contribution in [0.15, 0.2) is 48.4 Å². The third kappa shape index (κ3) is 10.8. The topological polar surface area (TPSA) is 160 Å². The second-order valence-corrected chi connectivity index (χ2v) is 11.2. The number of carbonyl (C=O) groups excluding carboxylic acids is 3. The Morgan fingerprint density at radius 1 is 1.00 bits per heavy atom. The zero-order valence-corrected chi connectivity index (χ0v) is 25.6. The van der Waals surface area contributed by atoms with Crippen molar-refractivity contribution in [1.29, 1.82) is 0 Å². The van der Waals surface area contributed by atoms with Crippen molar-refractivity contribution in [3.63, 3.8) is 0 Å². The molecule has 2 aromatic carbocycles. The average molecular weight is 617 g/mol. The number of carbonyl (C=O) groups is 3. The highest BCUT2D eigenvalue weighted by atomic mass is 16.7. The number of nitrogens with zero attached hydrogens (tertiary/aromatic N) is 1. The summed E-state index contributed by atoms with van der Waals surface area (Å²) in [6.45, 7) is 3.62. The Kier molecular flexibility index (Phi) is 12.1. The van der Waals surface area contributed by atoms with Gasteiger partial charge in [-0.25, -0.2) is 0 Å². The van der Waals surface area contributed by atoms with Gasteiger partial charge in [0, 0.05) is 44.3 Å². The Morgan fingerprint density at radius 3 is 2.41 bits per heavy atom. The number of aliphatic hydroxyl groups is 3. The standard InChI is InChI=1S/C34H48N2O8/c1-3-30(40)36(18-8-6-4-5-7-12-28(39)25-11-9-10-23(2)20-25)19-17-26(38)21-24-13-15-27(16-14-24)43-34-31(35)33(42)32(41)29(22-37)44-34/h9-11,13-16,20,29,31-34,37,41-42H,3-8,12,17-19,21-22,35H2,1-2H3/i9D,10D,11D,20D. The summed E-state index contributed by atoms with van der Waals surface area (Å²) in [7, 11) is 0. The predicted molar refractivity (Wildman–Crippen MR) is 166 cm³/mol. The molecule has 0 aliphatic carbocycles. The highest BCUT2D eigenvalue weighted by Gasteiger charge is 2.43. The van der Waals surface area contributed by atoms with Gasteiger partial charge in [-0.3, -0.25) is 14.4 Å². The van der Waals surface area contributed by atoms with E-state index in [0.29, 0.717) is 31.7 Å². The number of rotatable bonds is 18. The molecule has 1 amide bonds. The van der Waals surface area contributed by atoms with E-state index in [4.69, 9.17) is 20.7 Å². The van der Waals surface area contributed by atoms with E-state index in [1.54, 1.807) is 36.1 Å². The summed E-state index contributed by atoms with van der Waals surface area (Å²) in [6.07, 6.45) is -0.179. The van der Waals surface area contributed by atoms with Gasteiger partial charge in [0.25, 0.3) is 0 Å². The van der Waals surface area contributed by atoms with Crippen LogP contribution in [-0.4, -0.2) is 88.0 Å². The van der Waals surface area contributed by atoms with Crippen LogP contribution in [0.2, 0.25) is 0 Å². The van der Waals surface area contributed by atoms with Crippen LogP contribution in [0, 0.1) is 6.92 Å². The van der Waals surface area contributed by atoms with Crippen LogP contribution in [0.25, 0.3) is 0 Å². The van der Waals surface area contributed by atoms with Gasteiger partial charge in [0.15, 0.2) is 5.78 Å². The van der Waals surface area contributed by atoms with E-state index in [1.807, 2.05) is 0 Å². The maximum absolute atomic E-state index is 12.8. The first-order valence-corrected chi connectivity index (χ1v) is 15.3. The summed E-state index contributed by atoms with van der Waals surface area (Å²) in [4.78, 5) is 39.7. The molecule has 44 heavy (non-hydrogen) atoms. The Balaban J connectivity index is 1.38. The molecule has 0 bridgehead atoms. The molecule has 10 nitrogen and oxygen atoms in total. The van der Waals surface area contributed by atoms with Gasteiger partial charge in [0.1, 0.15) is 29.8 Å². The lowest BCUT2D eigenvalue weighted by Gasteiger charge is -2.40. The second-order valence-electron chi connectivity index (χ2n) is 11.2. The first kappa shape index (κ1) is 29.6. The van der Waals surface area contributed by atoms with E-state index in [-0.39, 0.29) is 72.0 Å². The molecule has 0 saturated carbocycles. The molecule has 0 aromatic heterocycles. The Bertz CT molecular complexity index is 1380. The van der Waals surface area contributed by atoms with E-state index in [0.717, 1.165) is 31.2 Å². The molecule has 5 N–H and O–H groups in total. The number of amides is 1. The van der Waals surface area contributed by atoms with E-state index in [9.17, 15) is 29.7 Å². The van der Waals surface area contributed by atoms with E-state index in [1.165, 1.54) is 6.92 Å². The minimum absolute atomic E-state index is 0.0282. The number of hydrogen-bond donors (Lipinski definition) is 4. The average Bonchev–Trinajstić information content (AvgIpc) is 3.08. The molecule has 1 saturated heterocycles. The van der Waals surface area contributed by atoms with Crippen LogP contribution < -0.4 is 10.5 Å². The third-order valence-electron chi connectivity index (χ3n) is 7.68. The van der Waals surface area contributed by atoms with Crippen LogP contribution in [0.5, 0.6) is 5.75 Å². The summed E-state index contributed by atoms with van der Waals surface area (Å²) in [5, 5.41) is 29.4. The van der Waals surface area contributed by atoms with Gasteiger partial charge in [-0.05, 0) is 43.5 Å². The number of ether oxygens (including phenoxy) is 2. The Labute approximate surface area is 265 Å². The SMILES string of the molecule is [2H]c1c([2H])c(C)c([2H])c(C(=O)CCCCCCCN(CCC(=O)Cc2ccc(OC3OC(CO)C(O)C(O)C3N)cc2)C(=O)CC)c1[2H]. The number of Topliss-reactive ketones (excluding diaryl/α,β-unsaturated/α-hetero) is 2. The molecular weight excluding hydrogens is 564 g/mol.